The number of benzene rings is 2. The minimum atomic E-state index is -0.681. The molecular formula is C25H33NO5. The van der Waals surface area contributed by atoms with Crippen LogP contribution in [0.4, 0.5) is 0 Å². The van der Waals surface area contributed by atoms with E-state index in [2.05, 4.69) is 6.58 Å². The number of hydrogen-bond acceptors (Lipinski definition) is 6. The van der Waals surface area contributed by atoms with Gasteiger partial charge < -0.3 is 29.8 Å². The van der Waals surface area contributed by atoms with Crippen LogP contribution in [-0.4, -0.2) is 49.0 Å². The number of unbranched alkanes of at least 4 members (excludes halogenated alkanes) is 1. The molecule has 0 unspecified atom stereocenters. The van der Waals surface area contributed by atoms with Crippen molar-refractivity contribution in [3.63, 3.8) is 0 Å². The predicted octanol–water partition coefficient (Wildman–Crippen LogP) is 3.18. The van der Waals surface area contributed by atoms with Crippen LogP contribution in [0.1, 0.15) is 24.0 Å². The Morgan fingerprint density at radius 2 is 1.48 bits per heavy atom. The Morgan fingerprint density at radius 1 is 0.903 bits per heavy atom. The summed E-state index contributed by atoms with van der Waals surface area (Å²) in [4.78, 5) is 0. The van der Waals surface area contributed by atoms with Crippen molar-refractivity contribution in [1.29, 1.82) is 0 Å². The maximum Gasteiger partial charge on any atom is 0.175 e. The Hall–Kier alpha value is -2.06. The minimum Gasteiger partial charge on any atom is -0.394 e. The zero-order chi connectivity index (χ0) is 21.9. The number of allylic oxidation sites excluding steroid dienone is 1. The van der Waals surface area contributed by atoms with E-state index in [-0.39, 0.29) is 6.61 Å². The highest BCUT2D eigenvalue weighted by atomic mass is 16.7. The first kappa shape index (κ1) is 23.6. The third kappa shape index (κ3) is 6.97. The first-order valence-corrected chi connectivity index (χ1v) is 10.8. The summed E-state index contributed by atoms with van der Waals surface area (Å²) in [5, 5.41) is 10.0. The summed E-state index contributed by atoms with van der Waals surface area (Å²) in [5.41, 5.74) is 8.58. The quantitative estimate of drug-likeness (QED) is 0.400. The van der Waals surface area contributed by atoms with E-state index < -0.39 is 30.6 Å². The SMILES string of the molecule is C=CCCCO[C@@H]1O[C@H](CO)[C@@H](OCc2ccccc2)[C@H](OCc2ccccc2)[C@H]1N. The van der Waals surface area contributed by atoms with E-state index in [1.165, 1.54) is 0 Å². The van der Waals surface area contributed by atoms with E-state index in [9.17, 15) is 5.11 Å². The van der Waals surface area contributed by atoms with Gasteiger partial charge in [-0.1, -0.05) is 66.7 Å². The molecule has 0 aromatic heterocycles. The van der Waals surface area contributed by atoms with Crippen LogP contribution in [-0.2, 0) is 32.2 Å². The van der Waals surface area contributed by atoms with Crippen molar-refractivity contribution in [2.24, 2.45) is 5.73 Å². The van der Waals surface area contributed by atoms with Crippen LogP contribution in [0.25, 0.3) is 0 Å². The minimum absolute atomic E-state index is 0.218. The van der Waals surface area contributed by atoms with Crippen molar-refractivity contribution in [1.82, 2.24) is 0 Å². The van der Waals surface area contributed by atoms with Crippen LogP contribution in [0, 0.1) is 0 Å². The van der Waals surface area contributed by atoms with E-state index in [1.807, 2.05) is 66.7 Å². The number of rotatable bonds is 12. The molecule has 1 aliphatic heterocycles. The molecule has 0 aliphatic carbocycles. The number of ether oxygens (including phenoxy) is 4. The van der Waals surface area contributed by atoms with Gasteiger partial charge >= 0.3 is 0 Å². The molecule has 3 N–H and O–H groups in total. The van der Waals surface area contributed by atoms with Crippen molar-refractivity contribution in [2.45, 2.75) is 56.7 Å². The second-order valence-corrected chi connectivity index (χ2v) is 7.63. The van der Waals surface area contributed by atoms with Crippen LogP contribution >= 0.6 is 0 Å². The monoisotopic (exact) mass is 427 g/mol. The Bertz CT molecular complexity index is 757. The summed E-state index contributed by atoms with van der Waals surface area (Å²) in [6.45, 7) is 4.75. The molecule has 1 saturated heterocycles. The molecule has 1 heterocycles. The first-order chi connectivity index (χ1) is 15.2. The molecule has 0 radical (unpaired) electrons. The van der Waals surface area contributed by atoms with E-state index in [0.29, 0.717) is 19.8 Å². The van der Waals surface area contributed by atoms with Crippen molar-refractivity contribution in [2.75, 3.05) is 13.2 Å². The molecule has 5 atom stereocenters. The Labute approximate surface area is 184 Å². The normalized spacial score (nSPS) is 25.9. The topological polar surface area (TPSA) is 83.2 Å². The zero-order valence-corrected chi connectivity index (χ0v) is 17.8. The van der Waals surface area contributed by atoms with Gasteiger partial charge in [0.05, 0.1) is 32.5 Å². The molecule has 3 rings (SSSR count). The van der Waals surface area contributed by atoms with Crippen molar-refractivity contribution in [3.8, 4) is 0 Å². The van der Waals surface area contributed by atoms with Crippen molar-refractivity contribution < 1.29 is 24.1 Å². The fourth-order valence-electron chi connectivity index (χ4n) is 3.59. The molecule has 1 fully saturated rings. The van der Waals surface area contributed by atoms with E-state index in [0.717, 1.165) is 24.0 Å². The zero-order valence-electron chi connectivity index (χ0n) is 17.8. The Kier molecular flexibility index (Phi) is 9.68. The fourth-order valence-corrected chi connectivity index (χ4v) is 3.59. The van der Waals surface area contributed by atoms with Crippen LogP contribution < -0.4 is 5.73 Å². The summed E-state index contributed by atoms with van der Waals surface area (Å²) in [7, 11) is 0. The van der Waals surface area contributed by atoms with Gasteiger partial charge in [0.2, 0.25) is 0 Å². The van der Waals surface area contributed by atoms with Gasteiger partial charge in [-0.2, -0.15) is 0 Å². The Morgan fingerprint density at radius 3 is 2.03 bits per heavy atom. The van der Waals surface area contributed by atoms with Crippen LogP contribution in [0.15, 0.2) is 73.3 Å². The average Bonchev–Trinajstić information content (AvgIpc) is 2.82. The van der Waals surface area contributed by atoms with E-state index in [4.69, 9.17) is 24.7 Å². The molecule has 31 heavy (non-hydrogen) atoms. The van der Waals surface area contributed by atoms with Crippen LogP contribution in [0.5, 0.6) is 0 Å². The molecule has 2 aromatic carbocycles. The summed E-state index contributed by atoms with van der Waals surface area (Å²) >= 11 is 0. The summed E-state index contributed by atoms with van der Waals surface area (Å²) in [6.07, 6.45) is 1.20. The third-order valence-electron chi connectivity index (χ3n) is 5.28. The Balaban J connectivity index is 1.71. The molecule has 0 saturated carbocycles. The highest BCUT2D eigenvalue weighted by Crippen LogP contribution is 2.27. The average molecular weight is 428 g/mol. The lowest BCUT2D eigenvalue weighted by atomic mass is 9.97. The van der Waals surface area contributed by atoms with Crippen molar-refractivity contribution in [3.05, 3.63) is 84.4 Å². The maximum absolute atomic E-state index is 10.0. The number of aliphatic hydroxyl groups excluding tert-OH is 1. The number of nitrogens with two attached hydrogens (primary N) is 1. The van der Waals surface area contributed by atoms with Gasteiger partial charge in [-0.05, 0) is 24.0 Å². The van der Waals surface area contributed by atoms with Gasteiger partial charge in [0.15, 0.2) is 6.29 Å². The standard InChI is InChI=1S/C25H33NO5/c1-2-3-10-15-28-25-22(26)24(30-18-20-13-8-5-9-14-20)23(21(16-27)31-25)29-17-19-11-6-4-7-12-19/h2,4-9,11-14,21-25,27H,1,3,10,15-18,26H2/t21-,22-,23-,24-,25-/m1/s1. The molecule has 6 nitrogen and oxygen atoms in total. The largest absolute Gasteiger partial charge is 0.394 e. The molecule has 6 heteroatoms. The van der Waals surface area contributed by atoms with Gasteiger partial charge in [-0.15, -0.1) is 6.58 Å². The second-order valence-electron chi connectivity index (χ2n) is 7.63. The van der Waals surface area contributed by atoms with Gasteiger partial charge in [0.1, 0.15) is 18.3 Å². The summed E-state index contributed by atoms with van der Waals surface area (Å²) in [6, 6.07) is 19.2. The molecular weight excluding hydrogens is 394 g/mol. The van der Waals surface area contributed by atoms with Gasteiger partial charge in [0.25, 0.3) is 0 Å². The maximum atomic E-state index is 10.0. The predicted molar refractivity (Wildman–Crippen MR) is 119 cm³/mol. The molecule has 1 aliphatic rings. The highest BCUT2D eigenvalue weighted by Gasteiger charge is 2.46. The lowest BCUT2D eigenvalue weighted by Gasteiger charge is -2.44. The van der Waals surface area contributed by atoms with Gasteiger partial charge in [0, 0.05) is 0 Å². The molecule has 0 amide bonds. The highest BCUT2D eigenvalue weighted by molar-refractivity contribution is 5.14. The van der Waals surface area contributed by atoms with Crippen LogP contribution in [0.3, 0.4) is 0 Å². The molecule has 0 bridgehead atoms. The lowest BCUT2D eigenvalue weighted by Crippen LogP contribution is -2.64. The van der Waals surface area contributed by atoms with Crippen LogP contribution in [0.2, 0.25) is 0 Å². The van der Waals surface area contributed by atoms with E-state index in [1.54, 1.807) is 0 Å². The number of aliphatic hydroxyl groups is 1. The lowest BCUT2D eigenvalue weighted by molar-refractivity contribution is -0.284. The van der Waals surface area contributed by atoms with Gasteiger partial charge in [-0.3, -0.25) is 0 Å². The molecule has 2 aromatic rings. The van der Waals surface area contributed by atoms with E-state index >= 15 is 0 Å². The third-order valence-corrected chi connectivity index (χ3v) is 5.28. The molecule has 168 valence electrons. The summed E-state index contributed by atoms with van der Waals surface area (Å²) < 4.78 is 24.3. The van der Waals surface area contributed by atoms with Crippen molar-refractivity contribution >= 4 is 0 Å². The fraction of sp³-hybridized carbons (Fsp3) is 0.440. The summed E-state index contributed by atoms with van der Waals surface area (Å²) in [5.74, 6) is 0. The smallest absolute Gasteiger partial charge is 0.175 e. The van der Waals surface area contributed by atoms with Gasteiger partial charge in [-0.25, -0.2) is 0 Å². The number of hydrogen-bond donors (Lipinski definition) is 2. The second kappa shape index (κ2) is 12.7. The first-order valence-electron chi connectivity index (χ1n) is 10.8. The molecule has 0 spiro atoms.